The minimum absolute atomic E-state index is 0.112. The van der Waals surface area contributed by atoms with Crippen LogP contribution in [0.3, 0.4) is 0 Å². The molecule has 0 aromatic rings. The minimum Gasteiger partial charge on any atom is -0.546 e. The number of carbonyl (C=O) groups is 1. The average molecular weight is 253 g/mol. The second-order valence-electron chi connectivity index (χ2n) is 6.21. The molecule has 97 valence electrons. The van der Waals surface area contributed by atoms with E-state index in [4.69, 9.17) is 4.43 Å². The van der Waals surface area contributed by atoms with Gasteiger partial charge in [-0.15, -0.1) is 0 Å². The van der Waals surface area contributed by atoms with Crippen LogP contribution in [0.5, 0.6) is 0 Å². The number of hydrogen-bond donors (Lipinski definition) is 0. The van der Waals surface area contributed by atoms with Crippen molar-refractivity contribution in [1.82, 2.24) is 0 Å². The van der Waals surface area contributed by atoms with Gasteiger partial charge in [0, 0.05) is 12.3 Å². The summed E-state index contributed by atoms with van der Waals surface area (Å²) in [6, 6.07) is 0. The van der Waals surface area contributed by atoms with Crippen LogP contribution in [0.15, 0.2) is 11.3 Å². The Hall–Kier alpha value is -0.573. The van der Waals surface area contributed by atoms with Gasteiger partial charge in [-0.1, -0.05) is 20.8 Å². The van der Waals surface area contributed by atoms with Crippen LogP contribution in [0.4, 0.5) is 0 Å². The molecule has 0 N–H and O–H groups in total. The van der Waals surface area contributed by atoms with Crippen LogP contribution in [0.2, 0.25) is 13.1 Å². The Morgan fingerprint density at radius 1 is 1.35 bits per heavy atom. The first-order chi connectivity index (χ1) is 7.71. The molecule has 0 fully saturated rings. The van der Waals surface area contributed by atoms with Crippen LogP contribution in [0, 0.1) is 11.3 Å². The Bertz CT molecular complexity index is 324. The lowest BCUT2D eigenvalue weighted by molar-refractivity contribution is -0.121. The molecule has 0 heterocycles. The Kier molecular flexibility index (Phi) is 4.59. The van der Waals surface area contributed by atoms with Crippen molar-refractivity contribution >= 4 is 14.8 Å². The first kappa shape index (κ1) is 14.5. The third-order valence-electron chi connectivity index (χ3n) is 3.31. The summed E-state index contributed by atoms with van der Waals surface area (Å²) >= 11 is 0. The Morgan fingerprint density at radius 3 is 2.35 bits per heavy atom. The highest BCUT2D eigenvalue weighted by Gasteiger charge is 2.31. The topological polar surface area (TPSA) is 26.3 Å². The fourth-order valence-electron chi connectivity index (χ4n) is 2.35. The molecule has 0 amide bonds. The summed E-state index contributed by atoms with van der Waals surface area (Å²) in [5.74, 6) is 1.71. The zero-order valence-electron chi connectivity index (χ0n) is 12.0. The molecule has 0 bridgehead atoms. The molecule has 3 heteroatoms. The van der Waals surface area contributed by atoms with Gasteiger partial charge in [-0.05, 0) is 43.8 Å². The second-order valence-corrected chi connectivity index (χ2v) is 8.23. The van der Waals surface area contributed by atoms with Crippen molar-refractivity contribution in [2.45, 2.75) is 60.1 Å². The molecule has 1 aliphatic rings. The predicted octanol–water partition coefficient (Wildman–Crippen LogP) is 3.94. The molecular formula is C14H25O2Si. The van der Waals surface area contributed by atoms with Crippen molar-refractivity contribution in [3.63, 3.8) is 0 Å². The molecule has 1 radical (unpaired) electrons. The summed E-state index contributed by atoms with van der Waals surface area (Å²) in [6.45, 7) is 12.7. The molecule has 0 spiro atoms. The van der Waals surface area contributed by atoms with E-state index < -0.39 is 9.04 Å². The number of hydrogen-bond acceptors (Lipinski definition) is 2. The molecule has 17 heavy (non-hydrogen) atoms. The first-order valence-electron chi connectivity index (χ1n) is 6.42. The van der Waals surface area contributed by atoms with E-state index >= 15 is 0 Å². The maximum Gasteiger partial charge on any atom is 0.273 e. The standard InChI is InChI=1S/C14H25O2Si/c1-10(15)11-7-8-13(16-17(5)6)12(9-11)14(2,3)4/h11H,7-9H2,1-6H3. The van der Waals surface area contributed by atoms with Crippen LogP contribution in [-0.4, -0.2) is 14.8 Å². The van der Waals surface area contributed by atoms with Gasteiger partial charge in [0.2, 0.25) is 0 Å². The van der Waals surface area contributed by atoms with E-state index in [1.807, 2.05) is 0 Å². The third kappa shape index (κ3) is 3.98. The quantitative estimate of drug-likeness (QED) is 0.712. The number of allylic oxidation sites excluding steroid dienone is 2. The van der Waals surface area contributed by atoms with Crippen molar-refractivity contribution in [2.75, 3.05) is 0 Å². The maximum absolute atomic E-state index is 11.5. The van der Waals surface area contributed by atoms with Crippen molar-refractivity contribution in [2.24, 2.45) is 11.3 Å². The van der Waals surface area contributed by atoms with Crippen molar-refractivity contribution < 1.29 is 9.22 Å². The molecule has 0 aliphatic heterocycles. The molecule has 0 aromatic carbocycles. The van der Waals surface area contributed by atoms with Gasteiger partial charge in [-0.3, -0.25) is 4.79 Å². The molecule has 1 rings (SSSR count). The summed E-state index contributed by atoms with van der Waals surface area (Å²) in [5.41, 5.74) is 1.47. The monoisotopic (exact) mass is 253 g/mol. The molecule has 1 aliphatic carbocycles. The summed E-state index contributed by atoms with van der Waals surface area (Å²) in [6.07, 6.45) is 2.79. The van der Waals surface area contributed by atoms with Gasteiger partial charge in [-0.2, -0.15) is 0 Å². The normalized spacial score (nSPS) is 21.9. The van der Waals surface area contributed by atoms with E-state index in [2.05, 4.69) is 33.9 Å². The van der Waals surface area contributed by atoms with Gasteiger partial charge >= 0.3 is 0 Å². The summed E-state index contributed by atoms with van der Waals surface area (Å²) in [5, 5.41) is 0. The molecule has 1 atom stereocenters. The summed E-state index contributed by atoms with van der Waals surface area (Å²) in [4.78, 5) is 11.5. The number of ketones is 1. The Morgan fingerprint density at radius 2 is 1.94 bits per heavy atom. The fourth-order valence-corrected chi connectivity index (χ4v) is 3.07. The average Bonchev–Trinajstić information content (AvgIpc) is 2.15. The second kappa shape index (κ2) is 5.38. The largest absolute Gasteiger partial charge is 0.546 e. The summed E-state index contributed by atoms with van der Waals surface area (Å²) < 4.78 is 6.03. The Balaban J connectivity index is 2.97. The number of Topliss-reactive ketones (excluding diaryl/α,β-unsaturated/α-hetero) is 1. The van der Waals surface area contributed by atoms with Crippen LogP contribution in [0.25, 0.3) is 0 Å². The SMILES string of the molecule is CC(=O)C1CCC(O[Si](C)C)=C(C(C)(C)C)C1. The number of rotatable bonds is 3. The minimum atomic E-state index is -0.706. The van der Waals surface area contributed by atoms with E-state index in [1.165, 1.54) is 11.3 Å². The van der Waals surface area contributed by atoms with Gasteiger partial charge in [0.05, 0.1) is 5.76 Å². The highest BCUT2D eigenvalue weighted by Crippen LogP contribution is 2.40. The van der Waals surface area contributed by atoms with Crippen molar-refractivity contribution in [1.29, 1.82) is 0 Å². The molecule has 0 saturated heterocycles. The first-order valence-corrected chi connectivity index (χ1v) is 8.83. The Labute approximate surface area is 107 Å². The van der Waals surface area contributed by atoms with E-state index in [0.717, 1.165) is 19.3 Å². The van der Waals surface area contributed by atoms with Gasteiger partial charge in [0.1, 0.15) is 5.78 Å². The zero-order valence-corrected chi connectivity index (χ0v) is 13.0. The fraction of sp³-hybridized carbons (Fsp3) is 0.786. The molecular weight excluding hydrogens is 228 g/mol. The van der Waals surface area contributed by atoms with Gasteiger partial charge in [-0.25, -0.2) is 0 Å². The molecule has 0 aromatic heterocycles. The van der Waals surface area contributed by atoms with Crippen LogP contribution >= 0.6 is 0 Å². The molecule has 0 saturated carbocycles. The van der Waals surface area contributed by atoms with E-state index in [9.17, 15) is 4.79 Å². The van der Waals surface area contributed by atoms with Crippen LogP contribution < -0.4 is 0 Å². The van der Waals surface area contributed by atoms with Crippen LogP contribution in [0.1, 0.15) is 47.0 Å². The van der Waals surface area contributed by atoms with Crippen molar-refractivity contribution in [3.05, 3.63) is 11.3 Å². The van der Waals surface area contributed by atoms with Crippen molar-refractivity contribution in [3.8, 4) is 0 Å². The zero-order chi connectivity index (χ0) is 13.2. The lowest BCUT2D eigenvalue weighted by atomic mass is 9.74. The molecule has 1 unspecified atom stereocenters. The third-order valence-corrected chi connectivity index (χ3v) is 3.97. The van der Waals surface area contributed by atoms with Gasteiger partial charge < -0.3 is 4.43 Å². The van der Waals surface area contributed by atoms with E-state index in [0.29, 0.717) is 5.78 Å². The smallest absolute Gasteiger partial charge is 0.273 e. The van der Waals surface area contributed by atoms with E-state index in [1.54, 1.807) is 6.92 Å². The lowest BCUT2D eigenvalue weighted by Crippen LogP contribution is -2.26. The lowest BCUT2D eigenvalue weighted by Gasteiger charge is -2.34. The van der Waals surface area contributed by atoms with Crippen LogP contribution in [-0.2, 0) is 9.22 Å². The highest BCUT2D eigenvalue weighted by molar-refractivity contribution is 6.48. The van der Waals surface area contributed by atoms with E-state index in [-0.39, 0.29) is 11.3 Å². The molecule has 2 nitrogen and oxygen atoms in total. The highest BCUT2D eigenvalue weighted by atomic mass is 28.3. The number of carbonyl (C=O) groups excluding carboxylic acids is 1. The van der Waals surface area contributed by atoms with Gasteiger partial charge in [0.15, 0.2) is 0 Å². The maximum atomic E-state index is 11.5. The van der Waals surface area contributed by atoms with Gasteiger partial charge in [0.25, 0.3) is 9.04 Å². The predicted molar refractivity (Wildman–Crippen MR) is 73.1 cm³/mol. The summed E-state index contributed by atoms with van der Waals surface area (Å²) in [7, 11) is -0.706.